The molecule has 0 aromatic carbocycles. The Morgan fingerprint density at radius 3 is 0.881 bits per heavy atom. The molecule has 0 saturated carbocycles. The van der Waals surface area contributed by atoms with Gasteiger partial charge >= 0.3 is 11.9 Å². The van der Waals surface area contributed by atoms with Crippen molar-refractivity contribution in [1.29, 1.82) is 0 Å². The number of allylic oxidation sites excluding steroid dienone is 2. The lowest BCUT2D eigenvalue weighted by atomic mass is 10.0. The molecule has 0 saturated heterocycles. The first-order valence-electron chi connectivity index (χ1n) is 37.4. The number of nitrogens with zero attached hydrogens (tertiary/aromatic N) is 1. The minimum atomic E-state index is -4.64. The SMILES string of the molecule is CCCCCCCCCC/C=C\CCCCCCCCCCCCCCCCCCCCCCCCCCCCCC(=O)OC(COC(=O)CCCCCCCCCCCCCCCCCCCCCCC)COP(=O)([O-])OCC[N+](C)(C)C. The zero-order valence-electron chi connectivity index (χ0n) is 57.1. The summed E-state index contributed by atoms with van der Waals surface area (Å²) in [6.07, 6.45) is 81.9. The second kappa shape index (κ2) is 66.2. The van der Waals surface area contributed by atoms with Gasteiger partial charge in [0.05, 0.1) is 27.7 Å². The van der Waals surface area contributed by atoms with Crippen molar-refractivity contribution < 1.29 is 42.1 Å². The lowest BCUT2D eigenvalue weighted by Crippen LogP contribution is -2.37. The molecule has 0 bridgehead atoms. The van der Waals surface area contributed by atoms with Gasteiger partial charge < -0.3 is 27.9 Å². The first-order chi connectivity index (χ1) is 41.0. The normalized spacial score (nSPS) is 13.1. The maximum absolute atomic E-state index is 12.9. The highest BCUT2D eigenvalue weighted by Crippen LogP contribution is 2.38. The summed E-state index contributed by atoms with van der Waals surface area (Å²) in [7, 11) is 1.19. The van der Waals surface area contributed by atoms with Crippen molar-refractivity contribution in [3.8, 4) is 0 Å². The molecule has 9 nitrogen and oxygen atoms in total. The van der Waals surface area contributed by atoms with Crippen LogP contribution < -0.4 is 4.89 Å². The monoisotopic (exact) mass is 1210 g/mol. The van der Waals surface area contributed by atoms with E-state index in [1.165, 1.54) is 334 Å². The van der Waals surface area contributed by atoms with Crippen LogP contribution in [0.15, 0.2) is 12.2 Å². The first-order valence-corrected chi connectivity index (χ1v) is 38.9. The van der Waals surface area contributed by atoms with Gasteiger partial charge in [-0.25, -0.2) is 0 Å². The van der Waals surface area contributed by atoms with E-state index in [0.29, 0.717) is 17.4 Å². The standard InChI is InChI=1S/C74H146NO8P/c1-6-8-10-12-14-16-18-20-22-24-26-28-29-30-31-32-33-34-35-36-37-38-39-40-41-42-43-44-45-47-49-51-53-55-57-59-61-63-65-67-74(77)83-72(71-82-84(78,79)81-69-68-75(3,4)5)70-80-73(76)66-64-62-60-58-56-54-52-50-48-46-27-25-23-21-19-17-15-13-11-9-7-2/h24,26,72H,6-23,25,27-71H2,1-5H3/b26-24-. The Kier molecular flexibility index (Phi) is 65.2. The van der Waals surface area contributed by atoms with Crippen molar-refractivity contribution in [3.63, 3.8) is 0 Å². The van der Waals surface area contributed by atoms with E-state index >= 15 is 0 Å². The molecule has 0 aliphatic carbocycles. The predicted molar refractivity (Wildman–Crippen MR) is 361 cm³/mol. The fraction of sp³-hybridized carbons (Fsp3) is 0.946. The fourth-order valence-electron chi connectivity index (χ4n) is 11.5. The Labute approximate surface area is 524 Å². The van der Waals surface area contributed by atoms with E-state index in [-0.39, 0.29) is 32.0 Å². The predicted octanol–water partition coefficient (Wildman–Crippen LogP) is 23.7. The second-order valence-corrected chi connectivity index (χ2v) is 28.4. The summed E-state index contributed by atoms with van der Waals surface area (Å²) in [5, 5.41) is 0. The Hall–Kier alpha value is -1.25. The van der Waals surface area contributed by atoms with Crippen LogP contribution in [0.1, 0.15) is 399 Å². The van der Waals surface area contributed by atoms with Gasteiger partial charge in [0, 0.05) is 12.8 Å². The van der Waals surface area contributed by atoms with Gasteiger partial charge in [-0.2, -0.15) is 0 Å². The number of hydrogen-bond acceptors (Lipinski definition) is 8. The van der Waals surface area contributed by atoms with Crippen molar-refractivity contribution in [2.75, 3.05) is 47.5 Å². The average Bonchev–Trinajstić information content (AvgIpc) is 3.61. The molecule has 0 fully saturated rings. The van der Waals surface area contributed by atoms with Gasteiger partial charge in [-0.3, -0.25) is 14.2 Å². The third kappa shape index (κ3) is 69.8. The molecule has 0 spiro atoms. The molecule has 500 valence electrons. The minimum absolute atomic E-state index is 0.0255. The summed E-state index contributed by atoms with van der Waals surface area (Å²) >= 11 is 0. The summed E-state index contributed by atoms with van der Waals surface area (Å²) in [5.74, 6) is -0.805. The van der Waals surface area contributed by atoms with Crippen molar-refractivity contribution in [3.05, 3.63) is 12.2 Å². The number of phosphoric ester groups is 1. The molecule has 84 heavy (non-hydrogen) atoms. The van der Waals surface area contributed by atoms with Crippen molar-refractivity contribution >= 4 is 19.8 Å². The first kappa shape index (κ1) is 82.8. The lowest BCUT2D eigenvalue weighted by molar-refractivity contribution is -0.870. The molecule has 2 unspecified atom stereocenters. The number of hydrogen-bond donors (Lipinski definition) is 0. The highest BCUT2D eigenvalue weighted by Gasteiger charge is 2.22. The van der Waals surface area contributed by atoms with Gasteiger partial charge in [-0.05, 0) is 38.5 Å². The Bertz CT molecular complexity index is 1420. The molecule has 0 rings (SSSR count). The highest BCUT2D eigenvalue weighted by atomic mass is 31.2. The maximum Gasteiger partial charge on any atom is 0.306 e. The summed E-state index contributed by atoms with van der Waals surface area (Å²) in [6, 6.07) is 0. The second-order valence-electron chi connectivity index (χ2n) is 27.0. The number of carbonyl (C=O) groups is 2. The maximum atomic E-state index is 12.9. The van der Waals surface area contributed by atoms with Crippen molar-refractivity contribution in [1.82, 2.24) is 0 Å². The quantitative estimate of drug-likeness (QED) is 0.0195. The number of esters is 2. The zero-order chi connectivity index (χ0) is 61.2. The van der Waals surface area contributed by atoms with Gasteiger partial charge in [0.15, 0.2) is 6.10 Å². The average molecular weight is 1210 g/mol. The van der Waals surface area contributed by atoms with E-state index in [0.717, 1.165) is 32.1 Å². The largest absolute Gasteiger partial charge is 0.756 e. The van der Waals surface area contributed by atoms with Crippen LogP contribution in [0.5, 0.6) is 0 Å². The number of rotatable bonds is 71. The number of likely N-dealkylation sites (N-methyl/N-ethyl adjacent to an activating group) is 1. The molecule has 0 aromatic rings. The molecule has 0 heterocycles. The minimum Gasteiger partial charge on any atom is -0.756 e. The third-order valence-electron chi connectivity index (χ3n) is 17.3. The van der Waals surface area contributed by atoms with Crippen LogP contribution in [-0.2, 0) is 32.7 Å². The number of unbranched alkanes of at least 4 members (excludes halogenated alkanes) is 55. The molecular formula is C74H146NO8P. The van der Waals surface area contributed by atoms with Crippen LogP contribution in [0.3, 0.4) is 0 Å². The Morgan fingerprint density at radius 2 is 0.607 bits per heavy atom. The van der Waals surface area contributed by atoms with Gasteiger partial charge in [-0.15, -0.1) is 0 Å². The van der Waals surface area contributed by atoms with Crippen molar-refractivity contribution in [2.45, 2.75) is 405 Å². The lowest BCUT2D eigenvalue weighted by Gasteiger charge is -2.28. The molecule has 0 radical (unpaired) electrons. The Balaban J connectivity index is 3.87. The number of ether oxygens (including phenoxy) is 2. The molecule has 10 heteroatoms. The van der Waals surface area contributed by atoms with Gasteiger partial charge in [0.2, 0.25) is 0 Å². The van der Waals surface area contributed by atoms with Crippen LogP contribution in [0.25, 0.3) is 0 Å². The molecule has 0 aliphatic rings. The van der Waals surface area contributed by atoms with Crippen molar-refractivity contribution in [2.24, 2.45) is 0 Å². The fourth-order valence-corrected chi connectivity index (χ4v) is 12.3. The summed E-state index contributed by atoms with van der Waals surface area (Å²) in [4.78, 5) is 38.1. The van der Waals surface area contributed by atoms with Gasteiger partial charge in [0.25, 0.3) is 7.82 Å². The van der Waals surface area contributed by atoms with E-state index in [9.17, 15) is 19.0 Å². The zero-order valence-corrected chi connectivity index (χ0v) is 58.0. The van der Waals surface area contributed by atoms with Gasteiger partial charge in [-0.1, -0.05) is 360 Å². The topological polar surface area (TPSA) is 111 Å². The molecular weight excluding hydrogens is 1060 g/mol. The van der Waals surface area contributed by atoms with E-state index in [4.69, 9.17) is 18.5 Å². The van der Waals surface area contributed by atoms with E-state index < -0.39 is 26.5 Å². The van der Waals surface area contributed by atoms with Crippen LogP contribution in [0, 0.1) is 0 Å². The molecule has 0 aromatic heterocycles. The number of phosphoric acid groups is 1. The number of carbonyl (C=O) groups excluding carboxylic acids is 2. The highest BCUT2D eigenvalue weighted by molar-refractivity contribution is 7.45. The summed E-state index contributed by atoms with van der Waals surface area (Å²) in [5.41, 5.74) is 0. The van der Waals surface area contributed by atoms with Crippen LogP contribution in [-0.4, -0.2) is 70.0 Å². The van der Waals surface area contributed by atoms with Crippen LogP contribution >= 0.6 is 7.82 Å². The van der Waals surface area contributed by atoms with Crippen LogP contribution in [0.2, 0.25) is 0 Å². The smallest absolute Gasteiger partial charge is 0.306 e. The molecule has 2 atom stereocenters. The van der Waals surface area contributed by atoms with Gasteiger partial charge in [0.1, 0.15) is 19.8 Å². The van der Waals surface area contributed by atoms with E-state index in [1.54, 1.807) is 0 Å². The summed E-state index contributed by atoms with van der Waals surface area (Å²) < 4.78 is 34.3. The number of quaternary nitrogens is 1. The molecule has 0 aliphatic heterocycles. The molecule has 0 N–H and O–H groups in total. The summed E-state index contributed by atoms with van der Waals surface area (Å²) in [6.45, 7) is 4.33. The van der Waals surface area contributed by atoms with E-state index in [2.05, 4.69) is 26.0 Å². The van der Waals surface area contributed by atoms with E-state index in [1.807, 2.05) is 21.1 Å². The molecule has 0 amide bonds. The Morgan fingerprint density at radius 1 is 0.357 bits per heavy atom. The third-order valence-corrected chi connectivity index (χ3v) is 18.2. The van der Waals surface area contributed by atoms with Crippen LogP contribution in [0.4, 0.5) is 0 Å².